The van der Waals surface area contributed by atoms with E-state index in [0.29, 0.717) is 19.4 Å². The predicted octanol–water partition coefficient (Wildman–Crippen LogP) is 5.93. The molecule has 37 heavy (non-hydrogen) atoms. The summed E-state index contributed by atoms with van der Waals surface area (Å²) in [6.07, 6.45) is 6.56. The zero-order chi connectivity index (χ0) is 26.6. The Morgan fingerprint density at radius 1 is 1.08 bits per heavy atom. The lowest BCUT2D eigenvalue weighted by atomic mass is 9.83. The van der Waals surface area contributed by atoms with E-state index in [1.807, 2.05) is 13.1 Å². The van der Waals surface area contributed by atoms with Gasteiger partial charge in [-0.25, -0.2) is 4.68 Å². The van der Waals surface area contributed by atoms with E-state index in [9.17, 15) is 4.79 Å². The SMILES string of the molecule is COc1cc(C(C)(C)C)ccc1C(CC(C)=O)Cc1cc(OCCc2ccc3c(n2)CCCC3)n(C)n1. The Bertz CT molecular complexity index is 1240. The van der Waals surface area contributed by atoms with E-state index in [1.165, 1.54) is 29.7 Å². The molecule has 0 saturated heterocycles. The Kier molecular flexibility index (Phi) is 8.35. The molecular weight excluding hydrogens is 462 g/mol. The van der Waals surface area contributed by atoms with Gasteiger partial charge in [0.1, 0.15) is 11.5 Å². The normalized spacial score (nSPS) is 14.2. The number of pyridine rings is 1. The number of Topliss-reactive ketones (excluding diaryl/α,β-unsaturated/α-hetero) is 1. The van der Waals surface area contributed by atoms with Crippen molar-refractivity contribution in [1.82, 2.24) is 14.8 Å². The molecule has 198 valence electrons. The maximum atomic E-state index is 12.2. The molecular formula is C31H41N3O3. The van der Waals surface area contributed by atoms with Gasteiger partial charge in [0.15, 0.2) is 0 Å². The monoisotopic (exact) mass is 503 g/mol. The summed E-state index contributed by atoms with van der Waals surface area (Å²) in [5, 5.41) is 4.70. The van der Waals surface area contributed by atoms with Gasteiger partial charge in [-0.3, -0.25) is 4.98 Å². The Morgan fingerprint density at radius 3 is 2.59 bits per heavy atom. The van der Waals surface area contributed by atoms with E-state index in [-0.39, 0.29) is 17.1 Å². The fourth-order valence-electron chi connectivity index (χ4n) is 5.17. The number of ether oxygens (including phenoxy) is 2. The highest BCUT2D eigenvalue weighted by atomic mass is 16.5. The molecule has 4 rings (SSSR count). The zero-order valence-corrected chi connectivity index (χ0v) is 23.3. The third-order valence-electron chi connectivity index (χ3n) is 7.26. The number of benzene rings is 1. The van der Waals surface area contributed by atoms with Crippen LogP contribution in [0, 0.1) is 0 Å². The van der Waals surface area contributed by atoms with Gasteiger partial charge in [-0.15, -0.1) is 0 Å². The van der Waals surface area contributed by atoms with Crippen LogP contribution in [0.5, 0.6) is 11.6 Å². The summed E-state index contributed by atoms with van der Waals surface area (Å²) in [6, 6.07) is 12.7. The molecule has 0 radical (unpaired) electrons. The standard InChI is InChI=1S/C31H41N3O3/c1-21(35)17-23(27-14-12-24(31(2,3)4)19-29(27)36-6)18-26-20-30(34(5)33-26)37-16-15-25-13-11-22-9-7-8-10-28(22)32-25/h11-14,19-20,23H,7-10,15-18H2,1-6H3. The number of carbonyl (C=O) groups is 1. The summed E-state index contributed by atoms with van der Waals surface area (Å²) in [6.45, 7) is 8.75. The van der Waals surface area contributed by atoms with Gasteiger partial charge >= 0.3 is 0 Å². The number of aromatic nitrogens is 3. The molecule has 3 aromatic rings. The Hall–Kier alpha value is -3.15. The summed E-state index contributed by atoms with van der Waals surface area (Å²) in [4.78, 5) is 17.0. The number of ketones is 1. The second-order valence-corrected chi connectivity index (χ2v) is 11.3. The largest absolute Gasteiger partial charge is 0.496 e. The second kappa shape index (κ2) is 11.5. The number of hydrogen-bond donors (Lipinski definition) is 0. The fraction of sp³-hybridized carbons (Fsp3) is 0.516. The van der Waals surface area contributed by atoms with Crippen LogP contribution in [0.4, 0.5) is 0 Å². The number of rotatable bonds is 10. The highest BCUT2D eigenvalue weighted by molar-refractivity contribution is 5.76. The lowest BCUT2D eigenvalue weighted by molar-refractivity contribution is -0.117. The van der Waals surface area contributed by atoms with Crippen LogP contribution in [0.25, 0.3) is 0 Å². The first-order chi connectivity index (χ1) is 17.6. The van der Waals surface area contributed by atoms with Gasteiger partial charge in [-0.2, -0.15) is 5.10 Å². The van der Waals surface area contributed by atoms with E-state index in [1.54, 1.807) is 18.7 Å². The van der Waals surface area contributed by atoms with Gasteiger partial charge in [-0.1, -0.05) is 39.0 Å². The van der Waals surface area contributed by atoms with Crippen LogP contribution in [-0.2, 0) is 42.9 Å². The molecule has 0 fully saturated rings. The van der Waals surface area contributed by atoms with Crippen LogP contribution < -0.4 is 9.47 Å². The minimum Gasteiger partial charge on any atom is -0.496 e. The summed E-state index contributed by atoms with van der Waals surface area (Å²) in [5.74, 6) is 1.68. The highest BCUT2D eigenvalue weighted by Crippen LogP contribution is 2.36. The van der Waals surface area contributed by atoms with Crippen molar-refractivity contribution in [3.8, 4) is 11.6 Å². The van der Waals surface area contributed by atoms with Gasteiger partial charge in [0.05, 0.1) is 19.4 Å². The molecule has 0 spiro atoms. The van der Waals surface area contributed by atoms with Crippen molar-refractivity contribution in [2.75, 3.05) is 13.7 Å². The van der Waals surface area contributed by atoms with Crippen molar-refractivity contribution in [2.45, 2.75) is 84.0 Å². The third-order valence-corrected chi connectivity index (χ3v) is 7.26. The minimum atomic E-state index is -0.0242. The molecule has 1 atom stereocenters. The Morgan fingerprint density at radius 2 is 1.86 bits per heavy atom. The molecule has 0 amide bonds. The molecule has 1 aliphatic rings. The van der Waals surface area contributed by atoms with Crippen molar-refractivity contribution in [2.24, 2.45) is 7.05 Å². The van der Waals surface area contributed by atoms with Crippen molar-refractivity contribution in [1.29, 1.82) is 0 Å². The van der Waals surface area contributed by atoms with E-state index in [2.05, 4.69) is 51.1 Å². The van der Waals surface area contributed by atoms with Crippen molar-refractivity contribution >= 4 is 5.78 Å². The average molecular weight is 504 g/mol. The number of nitrogens with zero attached hydrogens (tertiary/aromatic N) is 3. The quantitative estimate of drug-likeness (QED) is 0.343. The van der Waals surface area contributed by atoms with Gasteiger partial charge in [0, 0.05) is 37.3 Å². The maximum absolute atomic E-state index is 12.2. The average Bonchev–Trinajstić information content (AvgIpc) is 3.20. The highest BCUT2D eigenvalue weighted by Gasteiger charge is 2.23. The predicted molar refractivity (Wildman–Crippen MR) is 147 cm³/mol. The van der Waals surface area contributed by atoms with E-state index in [4.69, 9.17) is 19.6 Å². The van der Waals surface area contributed by atoms with E-state index in [0.717, 1.165) is 47.8 Å². The first-order valence-corrected chi connectivity index (χ1v) is 13.4. The number of methoxy groups -OCH3 is 1. The lowest BCUT2D eigenvalue weighted by Gasteiger charge is -2.23. The molecule has 1 aliphatic carbocycles. The van der Waals surface area contributed by atoms with Crippen LogP contribution in [0.2, 0.25) is 0 Å². The van der Waals surface area contributed by atoms with Crippen LogP contribution in [0.1, 0.15) is 86.6 Å². The first kappa shape index (κ1) is 26.9. The molecule has 1 unspecified atom stereocenters. The molecule has 2 aromatic heterocycles. The van der Waals surface area contributed by atoms with Crippen LogP contribution in [0.15, 0.2) is 36.4 Å². The third kappa shape index (κ3) is 6.79. The van der Waals surface area contributed by atoms with Crippen LogP contribution in [-0.4, -0.2) is 34.3 Å². The molecule has 0 N–H and O–H groups in total. The van der Waals surface area contributed by atoms with Gasteiger partial charge in [0.25, 0.3) is 0 Å². The summed E-state index contributed by atoms with van der Waals surface area (Å²) < 4.78 is 13.7. The van der Waals surface area contributed by atoms with Gasteiger partial charge < -0.3 is 14.3 Å². The number of fused-ring (bicyclic) bond motifs is 1. The fourth-order valence-corrected chi connectivity index (χ4v) is 5.17. The van der Waals surface area contributed by atoms with Crippen LogP contribution >= 0.6 is 0 Å². The summed E-state index contributed by atoms with van der Waals surface area (Å²) >= 11 is 0. The summed E-state index contributed by atoms with van der Waals surface area (Å²) in [7, 11) is 3.59. The van der Waals surface area contributed by atoms with E-state index < -0.39 is 0 Å². The number of aryl methyl sites for hydroxylation is 3. The minimum absolute atomic E-state index is 0.0176. The van der Waals surface area contributed by atoms with Crippen LogP contribution in [0.3, 0.4) is 0 Å². The van der Waals surface area contributed by atoms with E-state index >= 15 is 0 Å². The number of carbonyl (C=O) groups excluding carboxylic acids is 1. The Balaban J connectivity index is 1.45. The summed E-state index contributed by atoms with van der Waals surface area (Å²) in [5.41, 5.74) is 6.90. The van der Waals surface area contributed by atoms with Crippen molar-refractivity contribution in [3.05, 3.63) is 70.2 Å². The maximum Gasteiger partial charge on any atom is 0.211 e. The zero-order valence-electron chi connectivity index (χ0n) is 23.3. The molecule has 2 heterocycles. The molecule has 0 bridgehead atoms. The molecule has 1 aromatic carbocycles. The van der Waals surface area contributed by atoms with Crippen molar-refractivity contribution < 1.29 is 14.3 Å². The second-order valence-electron chi connectivity index (χ2n) is 11.3. The molecule has 6 heteroatoms. The molecule has 0 aliphatic heterocycles. The topological polar surface area (TPSA) is 66.2 Å². The molecule has 6 nitrogen and oxygen atoms in total. The molecule has 0 saturated carbocycles. The van der Waals surface area contributed by atoms with Crippen molar-refractivity contribution in [3.63, 3.8) is 0 Å². The first-order valence-electron chi connectivity index (χ1n) is 13.4. The lowest BCUT2D eigenvalue weighted by Crippen LogP contribution is -2.14. The smallest absolute Gasteiger partial charge is 0.211 e. The Labute approximate surface area is 221 Å². The van der Waals surface area contributed by atoms with Gasteiger partial charge in [-0.05, 0) is 79.2 Å². The van der Waals surface area contributed by atoms with Gasteiger partial charge in [0.2, 0.25) is 5.88 Å². The number of hydrogen-bond acceptors (Lipinski definition) is 5.